The summed E-state index contributed by atoms with van der Waals surface area (Å²) in [5.41, 5.74) is 6.79. The van der Waals surface area contributed by atoms with Gasteiger partial charge in [0.25, 0.3) is 6.47 Å². The number of halogens is 1. The predicted octanol–water partition coefficient (Wildman–Crippen LogP) is 1.66. The van der Waals surface area contributed by atoms with Crippen LogP contribution in [0.4, 0.5) is 0 Å². The Morgan fingerprint density at radius 3 is 3.00 bits per heavy atom. The normalized spacial score (nSPS) is 23.8. The van der Waals surface area contributed by atoms with Crippen LogP contribution in [0.1, 0.15) is 22.8 Å². The Balaban J connectivity index is 0.000000980. The molecule has 2 N–H and O–H groups in total. The molecule has 1 heterocycles. The van der Waals surface area contributed by atoms with Crippen molar-refractivity contribution in [3.05, 3.63) is 21.9 Å². The van der Waals surface area contributed by atoms with E-state index >= 15 is 0 Å². The first-order valence-corrected chi connectivity index (χ1v) is 5.07. The molecule has 1 fully saturated rings. The minimum atomic E-state index is 0. The van der Waals surface area contributed by atoms with Crippen molar-refractivity contribution in [2.45, 2.75) is 25.0 Å². The van der Waals surface area contributed by atoms with E-state index in [9.17, 15) is 4.79 Å². The Morgan fingerprint density at radius 2 is 2.43 bits per heavy atom. The van der Waals surface area contributed by atoms with Crippen LogP contribution in [0.3, 0.4) is 0 Å². The second-order valence-corrected chi connectivity index (χ2v) is 4.21. The van der Waals surface area contributed by atoms with Gasteiger partial charge in [-0.15, -0.1) is 23.7 Å². The van der Waals surface area contributed by atoms with Gasteiger partial charge in [0.1, 0.15) is 6.61 Å². The Morgan fingerprint density at radius 1 is 1.71 bits per heavy atom. The number of ether oxygens (including phenoxy) is 1. The van der Waals surface area contributed by atoms with Gasteiger partial charge in [-0.1, -0.05) is 0 Å². The summed E-state index contributed by atoms with van der Waals surface area (Å²) in [6.45, 7) is 0.849. The fraction of sp³-hybridized carbons (Fsp3) is 0.444. The molecule has 0 aliphatic heterocycles. The van der Waals surface area contributed by atoms with Crippen molar-refractivity contribution in [3.8, 4) is 0 Å². The van der Waals surface area contributed by atoms with Crippen LogP contribution in [0.15, 0.2) is 11.4 Å². The van der Waals surface area contributed by atoms with Crippen molar-refractivity contribution in [3.63, 3.8) is 0 Å². The van der Waals surface area contributed by atoms with E-state index in [0.717, 1.165) is 12.0 Å². The zero-order valence-electron chi connectivity index (χ0n) is 7.51. The van der Waals surface area contributed by atoms with Crippen molar-refractivity contribution in [1.82, 2.24) is 0 Å². The number of rotatable bonds is 4. The van der Waals surface area contributed by atoms with Crippen molar-refractivity contribution < 1.29 is 9.53 Å². The Labute approximate surface area is 92.7 Å². The van der Waals surface area contributed by atoms with Crippen molar-refractivity contribution in [2.75, 3.05) is 0 Å². The molecule has 0 saturated heterocycles. The van der Waals surface area contributed by atoms with Crippen LogP contribution in [0.5, 0.6) is 0 Å². The van der Waals surface area contributed by atoms with Gasteiger partial charge in [-0.25, -0.2) is 0 Å². The summed E-state index contributed by atoms with van der Waals surface area (Å²) in [5, 5.41) is 2.02. The molecule has 1 aromatic rings. The summed E-state index contributed by atoms with van der Waals surface area (Å²) in [6.07, 6.45) is 1.09. The van der Waals surface area contributed by atoms with Gasteiger partial charge in [0.15, 0.2) is 0 Å². The Bertz CT molecular complexity index is 316. The molecule has 78 valence electrons. The van der Waals surface area contributed by atoms with Gasteiger partial charge >= 0.3 is 0 Å². The molecule has 14 heavy (non-hydrogen) atoms. The third-order valence-electron chi connectivity index (χ3n) is 2.20. The van der Waals surface area contributed by atoms with E-state index < -0.39 is 0 Å². The molecule has 0 radical (unpaired) electrons. The molecule has 1 aliphatic carbocycles. The minimum absolute atomic E-state index is 0. The fourth-order valence-electron chi connectivity index (χ4n) is 1.34. The molecular formula is C9H12ClNO2S. The van der Waals surface area contributed by atoms with Gasteiger partial charge in [0.2, 0.25) is 0 Å². The molecular weight excluding hydrogens is 222 g/mol. The first-order chi connectivity index (χ1) is 6.31. The topological polar surface area (TPSA) is 52.3 Å². The quantitative estimate of drug-likeness (QED) is 0.805. The molecule has 1 aliphatic rings. The molecule has 1 aromatic heterocycles. The van der Waals surface area contributed by atoms with Crippen LogP contribution in [0.25, 0.3) is 0 Å². The molecule has 0 amide bonds. The van der Waals surface area contributed by atoms with E-state index in [-0.39, 0.29) is 12.4 Å². The monoisotopic (exact) mass is 233 g/mol. The lowest BCUT2D eigenvalue weighted by Gasteiger charge is -1.92. The number of hydrogen-bond acceptors (Lipinski definition) is 4. The third kappa shape index (κ3) is 2.47. The van der Waals surface area contributed by atoms with Gasteiger partial charge in [0.05, 0.1) is 0 Å². The summed E-state index contributed by atoms with van der Waals surface area (Å²) < 4.78 is 4.65. The van der Waals surface area contributed by atoms with Gasteiger partial charge in [-0.2, -0.15) is 0 Å². The van der Waals surface area contributed by atoms with Crippen molar-refractivity contribution >= 4 is 30.2 Å². The lowest BCUT2D eigenvalue weighted by molar-refractivity contribution is -0.129. The van der Waals surface area contributed by atoms with E-state index in [2.05, 4.69) is 10.8 Å². The highest BCUT2D eigenvalue weighted by atomic mass is 35.5. The average molecular weight is 234 g/mol. The summed E-state index contributed by atoms with van der Waals surface area (Å²) in [6, 6.07) is 2.42. The van der Waals surface area contributed by atoms with Crippen molar-refractivity contribution in [2.24, 2.45) is 5.73 Å². The van der Waals surface area contributed by atoms with Crippen LogP contribution >= 0.6 is 23.7 Å². The largest absolute Gasteiger partial charge is 0.463 e. The summed E-state index contributed by atoms with van der Waals surface area (Å²) in [5.74, 6) is 0.551. The fourth-order valence-corrected chi connectivity index (χ4v) is 2.43. The first-order valence-electron chi connectivity index (χ1n) is 4.19. The minimum Gasteiger partial charge on any atom is -0.463 e. The average Bonchev–Trinajstić information content (AvgIpc) is 2.67. The lowest BCUT2D eigenvalue weighted by Crippen LogP contribution is -1.99. The summed E-state index contributed by atoms with van der Waals surface area (Å²) in [7, 11) is 0. The Kier molecular flexibility index (Phi) is 3.92. The van der Waals surface area contributed by atoms with Crippen LogP contribution in [-0.4, -0.2) is 12.5 Å². The molecule has 5 heteroatoms. The molecule has 0 aromatic carbocycles. The van der Waals surface area contributed by atoms with E-state index in [4.69, 9.17) is 5.73 Å². The zero-order chi connectivity index (χ0) is 9.26. The van der Waals surface area contributed by atoms with Gasteiger partial charge in [-0.3, -0.25) is 4.79 Å². The molecule has 2 atom stereocenters. The van der Waals surface area contributed by atoms with Crippen LogP contribution in [0, 0.1) is 0 Å². The standard InChI is InChI=1S/C9H11NO2S.ClH/c10-8-2-7(8)9-1-6(4-13-9)3-12-5-11;/h1,4-5,7-8H,2-3,10H2;1H. The summed E-state index contributed by atoms with van der Waals surface area (Å²) in [4.78, 5) is 11.3. The lowest BCUT2D eigenvalue weighted by atomic mass is 10.2. The van der Waals surface area contributed by atoms with Crippen molar-refractivity contribution in [1.29, 1.82) is 0 Å². The molecule has 2 rings (SSSR count). The maximum absolute atomic E-state index is 9.94. The van der Waals surface area contributed by atoms with Gasteiger partial charge in [-0.05, 0) is 17.9 Å². The number of carbonyl (C=O) groups is 1. The summed E-state index contributed by atoms with van der Waals surface area (Å²) >= 11 is 1.70. The van der Waals surface area contributed by atoms with Crippen LogP contribution in [0.2, 0.25) is 0 Å². The van der Waals surface area contributed by atoms with Gasteiger partial charge < -0.3 is 10.5 Å². The molecule has 1 saturated carbocycles. The molecule has 0 spiro atoms. The first kappa shape index (κ1) is 11.5. The highest BCUT2D eigenvalue weighted by Crippen LogP contribution is 2.41. The second kappa shape index (κ2) is 4.77. The number of hydrogen-bond donors (Lipinski definition) is 1. The molecule has 2 unspecified atom stereocenters. The Hall–Kier alpha value is -0.580. The SMILES string of the molecule is Cl.NC1CC1c1cc(COC=O)cs1. The molecule has 3 nitrogen and oxygen atoms in total. The van der Waals surface area contributed by atoms with Gasteiger partial charge in [0, 0.05) is 22.4 Å². The van der Waals surface area contributed by atoms with E-state index in [1.807, 2.05) is 5.38 Å². The predicted molar refractivity (Wildman–Crippen MR) is 57.8 cm³/mol. The van der Waals surface area contributed by atoms with E-state index in [1.165, 1.54) is 4.88 Å². The molecule has 0 bridgehead atoms. The number of nitrogens with two attached hydrogens (primary N) is 1. The van der Waals surface area contributed by atoms with E-state index in [1.54, 1.807) is 11.3 Å². The van der Waals surface area contributed by atoms with Crippen LogP contribution in [-0.2, 0) is 16.1 Å². The third-order valence-corrected chi connectivity index (χ3v) is 3.31. The van der Waals surface area contributed by atoms with E-state index in [0.29, 0.717) is 25.0 Å². The maximum atomic E-state index is 9.94. The second-order valence-electron chi connectivity index (χ2n) is 3.27. The number of carbonyl (C=O) groups excluding carboxylic acids is 1. The number of thiophene rings is 1. The van der Waals surface area contributed by atoms with Crippen LogP contribution < -0.4 is 5.73 Å². The maximum Gasteiger partial charge on any atom is 0.293 e. The zero-order valence-corrected chi connectivity index (χ0v) is 9.14. The smallest absolute Gasteiger partial charge is 0.293 e. The highest BCUT2D eigenvalue weighted by molar-refractivity contribution is 7.10. The highest BCUT2D eigenvalue weighted by Gasteiger charge is 2.35.